The minimum absolute atomic E-state index is 1.10. The average Bonchev–Trinajstić information content (AvgIpc) is 2.89. The molecule has 0 aromatic heterocycles. The van der Waals surface area contributed by atoms with Crippen molar-refractivity contribution in [2.75, 3.05) is 0 Å². The third-order valence-electron chi connectivity index (χ3n) is 5.65. The summed E-state index contributed by atoms with van der Waals surface area (Å²) in [4.78, 5) is 4.39. The van der Waals surface area contributed by atoms with Gasteiger partial charge in [0, 0.05) is 19.6 Å². The smallest absolute Gasteiger partial charge is 0.200 e. The molecule has 0 fully saturated rings. The van der Waals surface area contributed by atoms with E-state index in [-0.39, 0.29) is 0 Å². The molecule has 40 heavy (non-hydrogen) atoms. The first-order valence-corrected chi connectivity index (χ1v) is 25.0. The van der Waals surface area contributed by atoms with E-state index in [0.717, 1.165) is 19.6 Å². The van der Waals surface area contributed by atoms with Crippen LogP contribution in [0.5, 0.6) is 0 Å². The zero-order chi connectivity index (χ0) is 28.4. The highest BCUT2D eigenvalue weighted by atomic mass is 35.9. The van der Waals surface area contributed by atoms with Crippen LogP contribution in [-0.2, 0) is 0 Å². The van der Waals surface area contributed by atoms with Gasteiger partial charge in [0.25, 0.3) is 5.91 Å². The van der Waals surface area contributed by atoms with Crippen molar-refractivity contribution in [2.24, 2.45) is 13.5 Å². The van der Waals surface area contributed by atoms with Crippen molar-refractivity contribution < 1.29 is 0 Å². The molecule has 12 heteroatoms. The number of rotatable bonds is 8. The third kappa shape index (κ3) is 8.34. The number of hydrogen-bond acceptors (Lipinski definition) is 7. The summed E-state index contributed by atoms with van der Waals surface area (Å²) in [6, 6.07) is 34.1. The molecule has 0 bridgehead atoms. The summed E-state index contributed by atoms with van der Waals surface area (Å²) in [6.45, 7) is 8.37. The van der Waals surface area contributed by atoms with Crippen LogP contribution >= 0.6 is 85.1 Å². The maximum absolute atomic E-state index is 7.09. The number of benzene rings is 4. The van der Waals surface area contributed by atoms with E-state index in [1.807, 2.05) is 0 Å². The fourth-order valence-corrected chi connectivity index (χ4v) is 38.7. The first-order chi connectivity index (χ1) is 19.0. The minimum atomic E-state index is -3.05. The van der Waals surface area contributed by atoms with Crippen LogP contribution in [0.1, 0.15) is 22.3 Å². The van der Waals surface area contributed by atoms with Crippen molar-refractivity contribution in [1.82, 2.24) is 0 Å². The first-order valence-electron chi connectivity index (χ1n) is 12.4. The maximum Gasteiger partial charge on any atom is 0.256 e. The molecule has 0 spiro atoms. The van der Waals surface area contributed by atoms with Crippen molar-refractivity contribution in [3.63, 3.8) is 0 Å². The number of halogens is 2. The van der Waals surface area contributed by atoms with Gasteiger partial charge in [-0.2, -0.15) is 9.03 Å². The summed E-state index contributed by atoms with van der Waals surface area (Å²) < 4.78 is 16.0. The largest absolute Gasteiger partial charge is 0.256 e. The van der Waals surface area contributed by atoms with Gasteiger partial charge in [0.2, 0.25) is 11.2 Å². The highest BCUT2D eigenvalue weighted by molar-refractivity contribution is 8.96. The van der Waals surface area contributed by atoms with Gasteiger partial charge in [-0.15, -0.1) is 0 Å². The lowest BCUT2D eigenvalue weighted by Crippen LogP contribution is -1.82. The summed E-state index contributed by atoms with van der Waals surface area (Å²) in [5.74, 6) is -3.05. The molecule has 0 aliphatic carbocycles. The standard InChI is InChI=1S/C28H28Cl2N3P3S4/c1-21-5-13-25(14-6-21)37-35(38-26-15-7-22(2)8-16-26)31-34(29,30)32-36(33-35,39-27-17-9-23(3)10-18-27)40-28-19-11-24(4)12-20-28/h5-20H,1-4H3. The molecule has 0 unspecified atom stereocenters. The lowest BCUT2D eigenvalue weighted by atomic mass is 10.2. The maximum atomic E-state index is 7.09. The van der Waals surface area contributed by atoms with Gasteiger partial charge in [0.1, 0.15) is 0 Å². The van der Waals surface area contributed by atoms with Crippen LogP contribution in [0.25, 0.3) is 0 Å². The van der Waals surface area contributed by atoms with Crippen LogP contribution in [0.2, 0.25) is 0 Å². The van der Waals surface area contributed by atoms with Crippen LogP contribution in [0.15, 0.2) is 130 Å². The Hall–Kier alpha value is -0.450. The molecule has 0 atom stereocenters. The summed E-state index contributed by atoms with van der Waals surface area (Å²) in [5.41, 5.74) is -0.407. The molecule has 1 heterocycles. The minimum Gasteiger partial charge on any atom is -0.200 e. The Morgan fingerprint density at radius 1 is 0.400 bits per heavy atom. The molecule has 0 amide bonds. The van der Waals surface area contributed by atoms with E-state index in [1.165, 1.54) is 22.3 Å². The topological polar surface area (TPSA) is 37.1 Å². The first kappa shape index (κ1) is 31.0. The molecule has 0 N–H and O–H groups in total. The molecule has 5 rings (SSSR count). The van der Waals surface area contributed by atoms with Crippen molar-refractivity contribution in [2.45, 2.75) is 47.3 Å². The van der Waals surface area contributed by atoms with E-state index < -0.39 is 17.1 Å². The average molecular weight is 699 g/mol. The molecule has 0 saturated heterocycles. The second kappa shape index (κ2) is 13.0. The summed E-state index contributed by atoms with van der Waals surface area (Å²) >= 11 is 20.9. The van der Waals surface area contributed by atoms with Crippen LogP contribution in [0.3, 0.4) is 0 Å². The molecule has 3 nitrogen and oxygen atoms in total. The van der Waals surface area contributed by atoms with E-state index in [0.29, 0.717) is 0 Å². The fraction of sp³-hybridized carbons (Fsp3) is 0.143. The Morgan fingerprint density at radius 3 is 0.925 bits per heavy atom. The summed E-state index contributed by atoms with van der Waals surface area (Å²) in [6.07, 6.45) is 0. The van der Waals surface area contributed by atoms with Crippen LogP contribution < -0.4 is 0 Å². The van der Waals surface area contributed by atoms with Gasteiger partial charge in [-0.3, -0.25) is 0 Å². The summed E-state index contributed by atoms with van der Waals surface area (Å²) in [7, 11) is 0. The van der Waals surface area contributed by atoms with E-state index in [4.69, 9.17) is 36.0 Å². The van der Waals surface area contributed by atoms with E-state index in [1.54, 1.807) is 45.5 Å². The van der Waals surface area contributed by atoms with Gasteiger partial charge in [0.05, 0.1) is 0 Å². The Kier molecular flexibility index (Phi) is 10.1. The quantitative estimate of drug-likeness (QED) is 0.172. The fourth-order valence-electron chi connectivity index (χ4n) is 3.60. The number of hydrogen-bond donors (Lipinski definition) is 0. The predicted molar refractivity (Wildman–Crippen MR) is 188 cm³/mol. The molecule has 0 saturated carbocycles. The predicted octanol–water partition coefficient (Wildman–Crippen LogP) is 14.7. The zero-order valence-corrected chi connectivity index (χ0v) is 29.8. The Balaban J connectivity index is 1.72. The van der Waals surface area contributed by atoms with Gasteiger partial charge < -0.3 is 0 Å². The van der Waals surface area contributed by atoms with Gasteiger partial charge in [-0.25, -0.2) is 4.52 Å². The second-order valence-electron chi connectivity index (χ2n) is 9.32. The summed E-state index contributed by atoms with van der Waals surface area (Å²) in [5, 5.41) is 0. The molecular formula is C28H28Cl2N3P3S4. The lowest BCUT2D eigenvalue weighted by Gasteiger charge is -2.30. The van der Waals surface area contributed by atoms with E-state index >= 15 is 0 Å². The van der Waals surface area contributed by atoms with Crippen molar-refractivity contribution >= 4 is 85.1 Å². The van der Waals surface area contributed by atoms with Gasteiger partial charge >= 0.3 is 0 Å². The number of aryl methyl sites for hydroxylation is 4. The SMILES string of the molecule is Cc1ccc(SP2(Sc3ccc(C)cc3)=NP(Cl)(Cl)=NP(Sc3ccc(C)cc3)(Sc3ccc(C)cc3)=N2)cc1. The molecular weight excluding hydrogens is 670 g/mol. The monoisotopic (exact) mass is 697 g/mol. The normalized spacial score (nSPS) is 16.9. The molecule has 0 radical (unpaired) electrons. The molecule has 1 aliphatic heterocycles. The molecule has 208 valence electrons. The Morgan fingerprint density at radius 2 is 0.650 bits per heavy atom. The highest BCUT2D eigenvalue weighted by Gasteiger charge is 2.39. The van der Waals surface area contributed by atoms with E-state index in [9.17, 15) is 0 Å². The highest BCUT2D eigenvalue weighted by Crippen LogP contribution is 2.96. The Bertz CT molecular complexity index is 1470. The molecule has 1 aliphatic rings. The molecule has 4 aromatic carbocycles. The van der Waals surface area contributed by atoms with Crippen molar-refractivity contribution in [1.29, 1.82) is 0 Å². The van der Waals surface area contributed by atoms with Crippen LogP contribution in [0.4, 0.5) is 0 Å². The van der Waals surface area contributed by atoms with E-state index in [2.05, 4.69) is 125 Å². The van der Waals surface area contributed by atoms with Gasteiger partial charge in [-0.1, -0.05) is 70.8 Å². The van der Waals surface area contributed by atoms with Gasteiger partial charge in [-0.05, 0) is 144 Å². The zero-order valence-electron chi connectivity index (χ0n) is 22.3. The molecule has 4 aromatic rings. The number of nitrogens with zero attached hydrogens (tertiary/aromatic N) is 3. The van der Waals surface area contributed by atoms with Crippen molar-refractivity contribution in [3.8, 4) is 0 Å². The lowest BCUT2D eigenvalue weighted by molar-refractivity contribution is 1.38. The van der Waals surface area contributed by atoms with Gasteiger partial charge in [0.15, 0.2) is 0 Å². The second-order valence-corrected chi connectivity index (χ2v) is 30.0. The van der Waals surface area contributed by atoms with Crippen LogP contribution in [-0.4, -0.2) is 0 Å². The Labute approximate surface area is 263 Å². The van der Waals surface area contributed by atoms with Crippen LogP contribution in [0, 0.1) is 27.7 Å². The van der Waals surface area contributed by atoms with Crippen molar-refractivity contribution in [3.05, 3.63) is 119 Å². The third-order valence-corrected chi connectivity index (χ3v) is 29.6.